The Morgan fingerprint density at radius 1 is 1.73 bits per heavy atom. The summed E-state index contributed by atoms with van der Waals surface area (Å²) >= 11 is 0. The maximum Gasteiger partial charge on any atom is 0.395 e. The smallest absolute Gasteiger partial charge is 0.395 e. The van der Waals surface area contributed by atoms with Crippen LogP contribution in [0.25, 0.3) is 0 Å². The van der Waals surface area contributed by atoms with Gasteiger partial charge in [0.05, 0.1) is 7.11 Å². The first-order valence-electron chi connectivity index (χ1n) is 3.13. The highest BCUT2D eigenvalue weighted by Gasteiger charge is 2.12. The van der Waals surface area contributed by atoms with E-state index in [-0.39, 0.29) is 0 Å². The number of hydrogen-bond donors (Lipinski definition) is 2. The Balaban J connectivity index is 3.36. The van der Waals surface area contributed by atoms with E-state index in [1.165, 1.54) is 21.8 Å². The minimum absolute atomic E-state index is 0.306. The zero-order valence-corrected chi connectivity index (χ0v) is 6.66. The summed E-state index contributed by atoms with van der Waals surface area (Å²) < 4.78 is 8.95. The Hall–Kier alpha value is -0.585. The molecule has 3 N–H and O–H groups in total. The molecule has 1 atom stereocenters. The second-order valence-corrected chi connectivity index (χ2v) is 1.89. The van der Waals surface area contributed by atoms with Crippen LogP contribution < -0.4 is 11.0 Å². The Morgan fingerprint density at radius 2 is 2.36 bits per heavy atom. The Morgan fingerprint density at radius 3 is 2.82 bits per heavy atom. The molecular formula is C5H12BN2O3. The van der Waals surface area contributed by atoms with Gasteiger partial charge in [-0.25, -0.2) is 0 Å². The van der Waals surface area contributed by atoms with Crippen LogP contribution >= 0.6 is 0 Å². The molecule has 0 rings (SSSR count). The van der Waals surface area contributed by atoms with Gasteiger partial charge in [-0.2, -0.15) is 0 Å². The average molecular weight is 159 g/mol. The molecule has 0 bridgehead atoms. The number of methoxy groups -OCH3 is 1. The number of ether oxygens (including phenoxy) is 1. The maximum absolute atomic E-state index is 10.7. The predicted octanol–water partition coefficient (Wildman–Crippen LogP) is -1.74. The van der Waals surface area contributed by atoms with E-state index in [4.69, 9.17) is 5.73 Å². The molecule has 5 nitrogen and oxygen atoms in total. The van der Waals surface area contributed by atoms with E-state index in [0.717, 1.165) is 0 Å². The summed E-state index contributed by atoms with van der Waals surface area (Å²) in [6, 6.07) is -0.647. The van der Waals surface area contributed by atoms with Crippen LogP contribution in [0.3, 0.4) is 0 Å². The van der Waals surface area contributed by atoms with E-state index >= 15 is 0 Å². The molecule has 0 fully saturated rings. The van der Waals surface area contributed by atoms with E-state index in [2.05, 4.69) is 14.6 Å². The number of carbonyl (C=O) groups is 1. The van der Waals surface area contributed by atoms with Crippen LogP contribution in [0.2, 0.25) is 0 Å². The lowest BCUT2D eigenvalue weighted by Crippen LogP contribution is -2.42. The number of hydrogen-bond acceptors (Lipinski definition) is 5. The van der Waals surface area contributed by atoms with E-state index in [1.54, 1.807) is 0 Å². The Bertz CT molecular complexity index is 122. The Kier molecular flexibility index (Phi) is 5.82. The van der Waals surface area contributed by atoms with Crippen LogP contribution in [0.1, 0.15) is 0 Å². The van der Waals surface area contributed by atoms with E-state index in [9.17, 15) is 4.79 Å². The summed E-state index contributed by atoms with van der Waals surface area (Å²) in [5.74, 6) is -0.443. The quantitative estimate of drug-likeness (QED) is 0.283. The molecule has 0 aromatic rings. The standard InChI is InChI=1S/C5H12BN2O3/c1-10-5(9)4(7)3-8-6-11-2/h4,8H,3,7H2,1-2H3/t4-/m0/s1. The van der Waals surface area contributed by atoms with Crippen molar-refractivity contribution in [2.75, 3.05) is 20.8 Å². The second-order valence-electron chi connectivity index (χ2n) is 1.89. The number of nitrogens with one attached hydrogen (secondary N) is 1. The summed E-state index contributed by atoms with van der Waals surface area (Å²) in [7, 11) is 4.14. The van der Waals surface area contributed by atoms with Gasteiger partial charge in [-0.3, -0.25) is 4.79 Å². The minimum Gasteiger partial charge on any atom is -0.468 e. The van der Waals surface area contributed by atoms with Gasteiger partial charge in [-0.15, -0.1) is 0 Å². The molecule has 0 aromatic heterocycles. The van der Waals surface area contributed by atoms with Crippen LogP contribution in [0, 0.1) is 0 Å². The predicted molar refractivity (Wildman–Crippen MR) is 40.8 cm³/mol. The molecule has 0 aliphatic carbocycles. The fourth-order valence-corrected chi connectivity index (χ4v) is 0.493. The van der Waals surface area contributed by atoms with Gasteiger partial charge in [0.25, 0.3) is 0 Å². The van der Waals surface area contributed by atoms with Crippen molar-refractivity contribution in [2.24, 2.45) is 5.73 Å². The molecule has 0 saturated heterocycles. The zero-order valence-electron chi connectivity index (χ0n) is 6.66. The van der Waals surface area contributed by atoms with Crippen LogP contribution in [0.4, 0.5) is 0 Å². The molecule has 0 amide bonds. The second kappa shape index (κ2) is 6.15. The number of rotatable bonds is 5. The first-order chi connectivity index (χ1) is 5.22. The van der Waals surface area contributed by atoms with Gasteiger partial charge in [-0.05, 0) is 0 Å². The van der Waals surface area contributed by atoms with Crippen LogP contribution in [-0.2, 0) is 14.2 Å². The van der Waals surface area contributed by atoms with Crippen molar-refractivity contribution in [3.8, 4) is 0 Å². The molecule has 63 valence electrons. The normalized spacial score (nSPS) is 12.3. The van der Waals surface area contributed by atoms with Gasteiger partial charge in [-0.1, -0.05) is 0 Å². The topological polar surface area (TPSA) is 73.6 Å². The summed E-state index contributed by atoms with van der Waals surface area (Å²) in [5.41, 5.74) is 5.36. The molecule has 0 saturated carbocycles. The van der Waals surface area contributed by atoms with Crippen molar-refractivity contribution in [1.29, 1.82) is 0 Å². The average Bonchev–Trinajstić information content (AvgIpc) is 2.03. The molecular weight excluding hydrogens is 147 g/mol. The van der Waals surface area contributed by atoms with Crippen LogP contribution in [-0.4, -0.2) is 40.4 Å². The fourth-order valence-electron chi connectivity index (χ4n) is 0.493. The van der Waals surface area contributed by atoms with Crippen molar-refractivity contribution in [2.45, 2.75) is 6.04 Å². The molecule has 1 radical (unpaired) electrons. The monoisotopic (exact) mass is 159 g/mol. The number of esters is 1. The zero-order chi connectivity index (χ0) is 8.69. The molecule has 0 unspecified atom stereocenters. The summed E-state index contributed by atoms with van der Waals surface area (Å²) in [5, 5.41) is 2.68. The first-order valence-corrected chi connectivity index (χ1v) is 3.13. The largest absolute Gasteiger partial charge is 0.468 e. The molecule has 0 aliphatic heterocycles. The lowest BCUT2D eigenvalue weighted by molar-refractivity contribution is -0.141. The van der Waals surface area contributed by atoms with Crippen molar-refractivity contribution < 1.29 is 14.2 Å². The third-order valence-corrected chi connectivity index (χ3v) is 1.04. The van der Waals surface area contributed by atoms with E-state index in [0.29, 0.717) is 6.54 Å². The maximum atomic E-state index is 10.7. The molecule has 0 spiro atoms. The third-order valence-electron chi connectivity index (χ3n) is 1.04. The lowest BCUT2D eigenvalue weighted by atomic mass is 10.2. The SMILES string of the molecule is CO[B]NC[C@H](N)C(=O)OC. The highest BCUT2D eigenvalue weighted by Crippen LogP contribution is 1.79. The summed E-state index contributed by atoms with van der Waals surface area (Å²) in [6.07, 6.45) is 0. The first kappa shape index (κ1) is 10.4. The summed E-state index contributed by atoms with van der Waals surface area (Å²) in [6.45, 7) is 0.306. The summed E-state index contributed by atoms with van der Waals surface area (Å²) in [4.78, 5) is 10.7. The van der Waals surface area contributed by atoms with E-state index < -0.39 is 12.0 Å². The van der Waals surface area contributed by atoms with Crippen molar-refractivity contribution in [3.05, 3.63) is 0 Å². The van der Waals surface area contributed by atoms with Gasteiger partial charge in [0.2, 0.25) is 0 Å². The van der Waals surface area contributed by atoms with Crippen molar-refractivity contribution >= 4 is 13.6 Å². The third kappa shape index (κ3) is 4.77. The van der Waals surface area contributed by atoms with Crippen molar-refractivity contribution in [3.63, 3.8) is 0 Å². The van der Waals surface area contributed by atoms with Gasteiger partial charge >= 0.3 is 13.6 Å². The van der Waals surface area contributed by atoms with Crippen molar-refractivity contribution in [1.82, 2.24) is 5.23 Å². The van der Waals surface area contributed by atoms with Gasteiger partial charge in [0.15, 0.2) is 0 Å². The van der Waals surface area contributed by atoms with Gasteiger partial charge in [0.1, 0.15) is 6.04 Å². The van der Waals surface area contributed by atoms with E-state index in [1.807, 2.05) is 0 Å². The molecule has 0 aromatic carbocycles. The minimum atomic E-state index is -0.647. The fraction of sp³-hybridized carbons (Fsp3) is 0.800. The van der Waals surface area contributed by atoms with Gasteiger partial charge in [0, 0.05) is 13.7 Å². The van der Waals surface area contributed by atoms with Crippen LogP contribution in [0.15, 0.2) is 0 Å². The van der Waals surface area contributed by atoms with Crippen LogP contribution in [0.5, 0.6) is 0 Å². The molecule has 6 heteroatoms. The highest BCUT2D eigenvalue weighted by atomic mass is 16.5. The molecule has 0 heterocycles. The lowest BCUT2D eigenvalue weighted by Gasteiger charge is -2.08. The molecule has 11 heavy (non-hydrogen) atoms. The highest BCUT2D eigenvalue weighted by molar-refractivity contribution is 6.23. The number of nitrogens with two attached hydrogens (primary N) is 1. The van der Waals surface area contributed by atoms with Gasteiger partial charge < -0.3 is 20.4 Å². The number of carbonyl (C=O) groups excluding carboxylic acids is 1. The molecule has 0 aliphatic rings. The Labute approximate surface area is 66.5 Å².